The molecule has 21 heavy (non-hydrogen) atoms. The van der Waals surface area contributed by atoms with Crippen LogP contribution in [0.15, 0.2) is 24.3 Å². The molecule has 1 aromatic carbocycles. The summed E-state index contributed by atoms with van der Waals surface area (Å²) >= 11 is 7.24. The summed E-state index contributed by atoms with van der Waals surface area (Å²) in [6.07, 6.45) is 1.09. The molecule has 3 rings (SSSR count). The Morgan fingerprint density at radius 3 is 2.71 bits per heavy atom. The van der Waals surface area contributed by atoms with Crippen LogP contribution >= 0.6 is 22.9 Å². The van der Waals surface area contributed by atoms with E-state index in [9.17, 15) is 4.79 Å². The van der Waals surface area contributed by atoms with Crippen molar-refractivity contribution in [1.29, 1.82) is 0 Å². The summed E-state index contributed by atoms with van der Waals surface area (Å²) in [6.45, 7) is 3.94. The van der Waals surface area contributed by atoms with E-state index in [1.54, 1.807) is 12.1 Å². The van der Waals surface area contributed by atoms with Crippen LogP contribution in [0.3, 0.4) is 0 Å². The maximum atomic E-state index is 12.2. The molecule has 1 amide bonds. The SMILES string of the molecule is Cc1nc(COc2ccc(Cl)cc2)sc1C(=O)N1CCC1. The van der Waals surface area contributed by atoms with Gasteiger partial charge in [-0.05, 0) is 37.6 Å². The van der Waals surface area contributed by atoms with Crippen molar-refractivity contribution < 1.29 is 9.53 Å². The molecule has 1 aliphatic rings. The van der Waals surface area contributed by atoms with Crippen LogP contribution in [0.2, 0.25) is 5.02 Å². The Labute approximate surface area is 132 Å². The zero-order valence-corrected chi connectivity index (χ0v) is 13.2. The predicted molar refractivity (Wildman–Crippen MR) is 83.2 cm³/mol. The fourth-order valence-electron chi connectivity index (χ4n) is 2.05. The van der Waals surface area contributed by atoms with E-state index in [2.05, 4.69) is 4.98 Å². The number of nitrogens with zero attached hydrogens (tertiary/aromatic N) is 2. The number of ether oxygens (including phenoxy) is 1. The number of likely N-dealkylation sites (tertiary alicyclic amines) is 1. The topological polar surface area (TPSA) is 42.4 Å². The van der Waals surface area contributed by atoms with Gasteiger partial charge < -0.3 is 9.64 Å². The number of hydrogen-bond acceptors (Lipinski definition) is 4. The maximum Gasteiger partial charge on any atom is 0.265 e. The molecular weight excluding hydrogens is 308 g/mol. The molecule has 1 fully saturated rings. The first kappa shape index (κ1) is 14.4. The van der Waals surface area contributed by atoms with Gasteiger partial charge in [0.15, 0.2) is 0 Å². The van der Waals surface area contributed by atoms with Crippen LogP contribution in [-0.2, 0) is 6.61 Å². The Balaban J connectivity index is 1.66. The fraction of sp³-hybridized carbons (Fsp3) is 0.333. The molecule has 1 saturated heterocycles. The fourth-order valence-corrected chi connectivity index (χ4v) is 3.12. The molecule has 0 atom stereocenters. The Bertz CT molecular complexity index is 650. The van der Waals surface area contributed by atoms with Gasteiger partial charge in [0, 0.05) is 18.1 Å². The summed E-state index contributed by atoms with van der Waals surface area (Å²) in [5, 5.41) is 1.49. The average Bonchev–Trinajstić information content (AvgIpc) is 2.77. The summed E-state index contributed by atoms with van der Waals surface area (Å²) in [5.41, 5.74) is 0.784. The predicted octanol–water partition coefficient (Wildman–Crippen LogP) is 3.53. The first-order chi connectivity index (χ1) is 10.1. The number of rotatable bonds is 4. The Hall–Kier alpha value is -1.59. The number of aryl methyl sites for hydroxylation is 1. The maximum absolute atomic E-state index is 12.2. The number of hydrogen-bond donors (Lipinski definition) is 0. The van der Waals surface area contributed by atoms with E-state index in [0.29, 0.717) is 11.6 Å². The quantitative estimate of drug-likeness (QED) is 0.864. The monoisotopic (exact) mass is 322 g/mol. The molecule has 6 heteroatoms. The van der Waals surface area contributed by atoms with Crippen molar-refractivity contribution in [2.24, 2.45) is 0 Å². The average molecular weight is 323 g/mol. The lowest BCUT2D eigenvalue weighted by molar-refractivity contribution is 0.0656. The third-order valence-electron chi connectivity index (χ3n) is 3.35. The highest BCUT2D eigenvalue weighted by Gasteiger charge is 2.25. The van der Waals surface area contributed by atoms with Gasteiger partial charge in [-0.3, -0.25) is 4.79 Å². The molecule has 1 aliphatic heterocycles. The highest BCUT2D eigenvalue weighted by Crippen LogP contribution is 2.24. The van der Waals surface area contributed by atoms with E-state index in [4.69, 9.17) is 16.3 Å². The van der Waals surface area contributed by atoms with E-state index in [1.807, 2.05) is 24.0 Å². The van der Waals surface area contributed by atoms with Gasteiger partial charge in [0.05, 0.1) is 5.69 Å². The van der Waals surface area contributed by atoms with Gasteiger partial charge >= 0.3 is 0 Å². The summed E-state index contributed by atoms with van der Waals surface area (Å²) < 4.78 is 5.66. The van der Waals surface area contributed by atoms with E-state index in [-0.39, 0.29) is 5.91 Å². The van der Waals surface area contributed by atoms with Crippen molar-refractivity contribution in [1.82, 2.24) is 9.88 Å². The molecule has 0 aliphatic carbocycles. The minimum atomic E-state index is 0.0917. The molecule has 0 unspecified atom stereocenters. The smallest absolute Gasteiger partial charge is 0.265 e. The Morgan fingerprint density at radius 2 is 2.10 bits per heavy atom. The molecule has 2 aromatic rings. The molecule has 0 spiro atoms. The summed E-state index contributed by atoms with van der Waals surface area (Å²) in [5.74, 6) is 0.830. The van der Waals surface area contributed by atoms with Crippen molar-refractivity contribution in [3.8, 4) is 5.75 Å². The summed E-state index contributed by atoms with van der Waals surface area (Å²) in [4.78, 5) is 19.2. The Kier molecular flexibility index (Phi) is 4.12. The van der Waals surface area contributed by atoms with Crippen molar-refractivity contribution in [3.63, 3.8) is 0 Å². The molecular formula is C15H15ClN2O2S. The van der Waals surface area contributed by atoms with Gasteiger partial charge in [-0.1, -0.05) is 11.6 Å². The highest BCUT2D eigenvalue weighted by atomic mass is 35.5. The first-order valence-corrected chi connectivity index (χ1v) is 7.97. The summed E-state index contributed by atoms with van der Waals surface area (Å²) in [6, 6.07) is 7.19. The number of halogens is 1. The molecule has 110 valence electrons. The van der Waals surface area contributed by atoms with Crippen LogP contribution in [0.5, 0.6) is 5.75 Å². The molecule has 0 bridgehead atoms. The number of amides is 1. The zero-order chi connectivity index (χ0) is 14.8. The molecule has 4 nitrogen and oxygen atoms in total. The van der Waals surface area contributed by atoms with Crippen molar-refractivity contribution in [2.75, 3.05) is 13.1 Å². The van der Waals surface area contributed by atoms with Crippen LogP contribution in [0.25, 0.3) is 0 Å². The van der Waals surface area contributed by atoms with Crippen LogP contribution in [0, 0.1) is 6.92 Å². The van der Waals surface area contributed by atoms with E-state index >= 15 is 0 Å². The molecule has 0 N–H and O–H groups in total. The van der Waals surface area contributed by atoms with Crippen LogP contribution in [-0.4, -0.2) is 28.9 Å². The highest BCUT2D eigenvalue weighted by molar-refractivity contribution is 7.13. The minimum absolute atomic E-state index is 0.0917. The molecule has 0 radical (unpaired) electrons. The number of carbonyl (C=O) groups excluding carboxylic acids is 1. The van der Waals surface area contributed by atoms with E-state index in [1.165, 1.54) is 11.3 Å². The van der Waals surface area contributed by atoms with Gasteiger partial charge in [0.1, 0.15) is 22.2 Å². The third-order valence-corrected chi connectivity index (χ3v) is 4.73. The standard InChI is InChI=1S/C15H15ClN2O2S/c1-10-14(15(19)18-7-2-8-18)21-13(17-10)9-20-12-5-3-11(16)4-6-12/h3-6H,2,7-9H2,1H3. The zero-order valence-electron chi connectivity index (χ0n) is 11.6. The van der Waals surface area contributed by atoms with Gasteiger partial charge in [0.2, 0.25) is 0 Å². The Morgan fingerprint density at radius 1 is 1.38 bits per heavy atom. The van der Waals surface area contributed by atoms with Crippen molar-refractivity contribution >= 4 is 28.8 Å². The lowest BCUT2D eigenvalue weighted by Gasteiger charge is -2.30. The van der Waals surface area contributed by atoms with Crippen molar-refractivity contribution in [2.45, 2.75) is 20.0 Å². The molecule has 0 saturated carbocycles. The lowest BCUT2D eigenvalue weighted by atomic mass is 10.2. The van der Waals surface area contributed by atoms with Gasteiger partial charge in [-0.15, -0.1) is 11.3 Å². The van der Waals surface area contributed by atoms with Gasteiger partial charge in [-0.2, -0.15) is 0 Å². The molecule has 2 heterocycles. The second-order valence-electron chi connectivity index (χ2n) is 4.91. The van der Waals surface area contributed by atoms with Gasteiger partial charge in [0.25, 0.3) is 5.91 Å². The minimum Gasteiger partial charge on any atom is -0.486 e. The lowest BCUT2D eigenvalue weighted by Crippen LogP contribution is -2.41. The normalized spacial score (nSPS) is 13.9. The third kappa shape index (κ3) is 3.19. The number of thiazole rings is 1. The number of benzene rings is 1. The van der Waals surface area contributed by atoms with Gasteiger partial charge in [-0.25, -0.2) is 4.98 Å². The number of aromatic nitrogens is 1. The van der Waals surface area contributed by atoms with E-state index < -0.39 is 0 Å². The summed E-state index contributed by atoms with van der Waals surface area (Å²) in [7, 11) is 0. The first-order valence-electron chi connectivity index (χ1n) is 6.77. The largest absolute Gasteiger partial charge is 0.486 e. The van der Waals surface area contributed by atoms with Crippen molar-refractivity contribution in [3.05, 3.63) is 44.9 Å². The van der Waals surface area contributed by atoms with Crippen LogP contribution in [0.1, 0.15) is 26.8 Å². The second kappa shape index (κ2) is 6.03. The van der Waals surface area contributed by atoms with Crippen LogP contribution < -0.4 is 4.74 Å². The molecule has 1 aromatic heterocycles. The van der Waals surface area contributed by atoms with E-state index in [0.717, 1.165) is 40.8 Å². The number of carbonyl (C=O) groups is 1. The van der Waals surface area contributed by atoms with Crippen LogP contribution in [0.4, 0.5) is 0 Å². The second-order valence-corrected chi connectivity index (χ2v) is 6.43.